The molecule has 1 saturated carbocycles. The predicted molar refractivity (Wildman–Crippen MR) is 102 cm³/mol. The third-order valence-electron chi connectivity index (χ3n) is 5.79. The lowest BCUT2D eigenvalue weighted by atomic mass is 9.90. The molecule has 0 aromatic heterocycles. The van der Waals surface area contributed by atoms with E-state index in [1.54, 1.807) is 12.1 Å². The second-order valence-electron chi connectivity index (χ2n) is 7.74. The molecule has 0 saturated heterocycles. The summed E-state index contributed by atoms with van der Waals surface area (Å²) in [5.74, 6) is 1.76. The van der Waals surface area contributed by atoms with E-state index in [2.05, 4.69) is 0 Å². The quantitative estimate of drug-likeness (QED) is 0.830. The van der Waals surface area contributed by atoms with Gasteiger partial charge in [0, 0.05) is 5.92 Å². The van der Waals surface area contributed by atoms with E-state index >= 15 is 0 Å². The van der Waals surface area contributed by atoms with Gasteiger partial charge < -0.3 is 9.84 Å². The van der Waals surface area contributed by atoms with Crippen molar-refractivity contribution < 1.29 is 14.6 Å². The molecule has 26 heavy (non-hydrogen) atoms. The van der Waals surface area contributed by atoms with Crippen LogP contribution in [0.15, 0.2) is 42.5 Å². The van der Waals surface area contributed by atoms with Crippen LogP contribution in [0.5, 0.6) is 11.5 Å². The van der Waals surface area contributed by atoms with Crippen LogP contribution in [0.3, 0.4) is 0 Å². The minimum Gasteiger partial charge on any atom is -0.508 e. The van der Waals surface area contributed by atoms with Crippen LogP contribution in [0, 0.1) is 11.8 Å². The fourth-order valence-electron chi connectivity index (χ4n) is 4.40. The molecule has 0 bridgehead atoms. The van der Waals surface area contributed by atoms with E-state index in [9.17, 15) is 9.90 Å². The molecule has 1 fully saturated rings. The van der Waals surface area contributed by atoms with Crippen molar-refractivity contribution in [2.75, 3.05) is 6.61 Å². The zero-order valence-corrected chi connectivity index (χ0v) is 15.1. The standard InChI is InChI=1S/C23H26O3/c24-20-10-4-8-17(13-20)12-19-14-18-9-5-11-21(22(18)23(19)25)26-15-16-6-2-1-3-7-16/h4-5,8-11,13,16,19,24H,1-3,6-7,12,14-15H2. The Labute approximate surface area is 155 Å². The van der Waals surface area contributed by atoms with Crippen molar-refractivity contribution in [3.05, 3.63) is 59.2 Å². The highest BCUT2D eigenvalue weighted by molar-refractivity contribution is 6.04. The Morgan fingerprint density at radius 2 is 1.85 bits per heavy atom. The second kappa shape index (κ2) is 7.53. The molecule has 136 valence electrons. The number of aromatic hydroxyl groups is 1. The Kier molecular flexibility index (Phi) is 4.96. The van der Waals surface area contributed by atoms with Crippen LogP contribution in [0.2, 0.25) is 0 Å². The maximum atomic E-state index is 13.0. The largest absolute Gasteiger partial charge is 0.508 e. The average molecular weight is 350 g/mol. The van der Waals surface area contributed by atoms with Crippen LogP contribution in [0.25, 0.3) is 0 Å². The summed E-state index contributed by atoms with van der Waals surface area (Å²) >= 11 is 0. The van der Waals surface area contributed by atoms with Crippen molar-refractivity contribution in [3.8, 4) is 11.5 Å². The smallest absolute Gasteiger partial charge is 0.170 e. The van der Waals surface area contributed by atoms with E-state index in [-0.39, 0.29) is 17.5 Å². The van der Waals surface area contributed by atoms with Gasteiger partial charge >= 0.3 is 0 Å². The van der Waals surface area contributed by atoms with Crippen molar-refractivity contribution in [1.29, 1.82) is 0 Å². The Bertz CT molecular complexity index is 790. The molecule has 0 radical (unpaired) electrons. The summed E-state index contributed by atoms with van der Waals surface area (Å²) < 4.78 is 6.12. The van der Waals surface area contributed by atoms with Gasteiger partial charge in [0.2, 0.25) is 0 Å². The van der Waals surface area contributed by atoms with Crippen molar-refractivity contribution in [2.24, 2.45) is 11.8 Å². The molecule has 1 atom stereocenters. The Hall–Kier alpha value is -2.29. The maximum Gasteiger partial charge on any atom is 0.170 e. The minimum absolute atomic E-state index is 0.0637. The van der Waals surface area contributed by atoms with Crippen LogP contribution in [0.4, 0.5) is 0 Å². The summed E-state index contributed by atoms with van der Waals surface area (Å²) in [6.07, 6.45) is 7.82. The van der Waals surface area contributed by atoms with Gasteiger partial charge in [-0.1, -0.05) is 43.5 Å². The SMILES string of the molecule is O=C1c2c(cccc2OCC2CCCCC2)CC1Cc1cccc(O)c1. The highest BCUT2D eigenvalue weighted by atomic mass is 16.5. The first-order chi connectivity index (χ1) is 12.7. The number of hydrogen-bond donors (Lipinski definition) is 1. The molecule has 3 heteroatoms. The van der Waals surface area contributed by atoms with E-state index in [1.165, 1.54) is 32.1 Å². The summed E-state index contributed by atoms with van der Waals surface area (Å²) in [5.41, 5.74) is 2.88. The Morgan fingerprint density at radius 1 is 1.04 bits per heavy atom. The van der Waals surface area contributed by atoms with Crippen molar-refractivity contribution in [2.45, 2.75) is 44.9 Å². The Morgan fingerprint density at radius 3 is 2.65 bits per heavy atom. The maximum absolute atomic E-state index is 13.0. The number of phenols is 1. The van der Waals surface area contributed by atoms with Gasteiger partial charge in [-0.05, 0) is 60.9 Å². The highest BCUT2D eigenvalue weighted by Crippen LogP contribution is 2.36. The Balaban J connectivity index is 1.47. The number of rotatable bonds is 5. The van der Waals surface area contributed by atoms with Crippen LogP contribution < -0.4 is 4.74 Å². The number of phenolic OH excluding ortho intramolecular Hbond substituents is 1. The molecule has 2 aromatic carbocycles. The summed E-state index contributed by atoms with van der Waals surface area (Å²) in [5, 5.41) is 9.66. The molecule has 1 N–H and O–H groups in total. The molecule has 0 aliphatic heterocycles. The first-order valence-corrected chi connectivity index (χ1v) is 9.77. The van der Waals surface area contributed by atoms with E-state index in [4.69, 9.17) is 4.74 Å². The normalized spacial score (nSPS) is 20.2. The first-order valence-electron chi connectivity index (χ1n) is 9.77. The van der Waals surface area contributed by atoms with Crippen molar-refractivity contribution in [3.63, 3.8) is 0 Å². The lowest BCUT2D eigenvalue weighted by Gasteiger charge is -2.22. The van der Waals surface area contributed by atoms with Gasteiger partial charge in [0.25, 0.3) is 0 Å². The number of benzene rings is 2. The number of hydrogen-bond acceptors (Lipinski definition) is 3. The van der Waals surface area contributed by atoms with E-state index in [0.29, 0.717) is 12.3 Å². The second-order valence-corrected chi connectivity index (χ2v) is 7.74. The van der Waals surface area contributed by atoms with Gasteiger partial charge in [0.15, 0.2) is 5.78 Å². The van der Waals surface area contributed by atoms with Crippen LogP contribution in [-0.4, -0.2) is 17.5 Å². The van der Waals surface area contributed by atoms with Gasteiger partial charge in [-0.25, -0.2) is 0 Å². The predicted octanol–water partition coefficient (Wildman–Crippen LogP) is 4.95. The lowest BCUT2D eigenvalue weighted by molar-refractivity contribution is 0.0931. The molecule has 1 unspecified atom stereocenters. The highest BCUT2D eigenvalue weighted by Gasteiger charge is 2.33. The van der Waals surface area contributed by atoms with Crippen molar-refractivity contribution in [1.82, 2.24) is 0 Å². The fourth-order valence-corrected chi connectivity index (χ4v) is 4.40. The van der Waals surface area contributed by atoms with Gasteiger partial charge in [-0.3, -0.25) is 4.79 Å². The van der Waals surface area contributed by atoms with Gasteiger partial charge in [-0.15, -0.1) is 0 Å². The average Bonchev–Trinajstić information content (AvgIpc) is 2.97. The number of carbonyl (C=O) groups excluding carboxylic acids is 1. The first kappa shape index (κ1) is 17.1. The molecule has 4 rings (SSSR count). The molecule has 3 nitrogen and oxygen atoms in total. The molecule has 2 aliphatic rings. The third-order valence-corrected chi connectivity index (χ3v) is 5.79. The summed E-state index contributed by atoms with van der Waals surface area (Å²) in [4.78, 5) is 13.0. The number of carbonyl (C=O) groups is 1. The van der Waals surface area contributed by atoms with Crippen LogP contribution in [-0.2, 0) is 12.8 Å². The molecule has 0 heterocycles. The van der Waals surface area contributed by atoms with E-state index < -0.39 is 0 Å². The zero-order valence-electron chi connectivity index (χ0n) is 15.1. The van der Waals surface area contributed by atoms with Crippen LogP contribution >= 0.6 is 0 Å². The number of fused-ring (bicyclic) bond motifs is 1. The molecule has 0 amide bonds. The third kappa shape index (κ3) is 3.62. The summed E-state index contributed by atoms with van der Waals surface area (Å²) in [6, 6.07) is 13.2. The summed E-state index contributed by atoms with van der Waals surface area (Å²) in [6.45, 7) is 0.723. The van der Waals surface area contributed by atoms with Gasteiger partial charge in [-0.2, -0.15) is 0 Å². The molecular formula is C23H26O3. The molecule has 2 aromatic rings. The number of Topliss-reactive ketones (excluding diaryl/α,β-unsaturated/α-hetero) is 1. The minimum atomic E-state index is -0.0637. The molecular weight excluding hydrogens is 324 g/mol. The molecule has 0 spiro atoms. The van der Waals surface area contributed by atoms with E-state index in [0.717, 1.165) is 35.5 Å². The van der Waals surface area contributed by atoms with Gasteiger partial charge in [0.1, 0.15) is 11.5 Å². The van der Waals surface area contributed by atoms with E-state index in [1.807, 2.05) is 30.3 Å². The summed E-state index contributed by atoms with van der Waals surface area (Å²) in [7, 11) is 0. The lowest BCUT2D eigenvalue weighted by Crippen LogP contribution is -2.17. The topological polar surface area (TPSA) is 46.5 Å². The zero-order chi connectivity index (χ0) is 17.9. The van der Waals surface area contributed by atoms with Gasteiger partial charge in [0.05, 0.1) is 12.2 Å². The molecule has 2 aliphatic carbocycles. The fraction of sp³-hybridized carbons (Fsp3) is 0.435. The van der Waals surface area contributed by atoms with Crippen molar-refractivity contribution >= 4 is 5.78 Å². The number of ketones is 1. The monoisotopic (exact) mass is 350 g/mol. The number of ether oxygens (including phenoxy) is 1. The van der Waals surface area contributed by atoms with Crippen LogP contribution in [0.1, 0.15) is 53.6 Å².